The molecule has 3 nitrogen and oxygen atoms in total. The summed E-state index contributed by atoms with van der Waals surface area (Å²) < 4.78 is 1.65. The number of hydrogen-bond acceptors (Lipinski definition) is 2. The average molecular weight is 194 g/mol. The lowest BCUT2D eigenvalue weighted by atomic mass is 10.00. The minimum absolute atomic E-state index is 0.0613. The topological polar surface area (TPSA) is 46.3 Å². The van der Waals surface area contributed by atoms with Crippen molar-refractivity contribution in [1.82, 2.24) is 4.67 Å². The number of amides is 1. The minimum Gasteiger partial charge on any atom is -0.399 e. The van der Waals surface area contributed by atoms with Gasteiger partial charge in [0.2, 0.25) is 0 Å². The summed E-state index contributed by atoms with van der Waals surface area (Å²) in [4.78, 5) is 11.6. The Hall–Kier alpha value is -1.08. The van der Waals surface area contributed by atoms with Gasteiger partial charge in [0.15, 0.2) is 0 Å². The zero-order chi connectivity index (χ0) is 9.42. The van der Waals surface area contributed by atoms with Crippen molar-refractivity contribution in [2.75, 3.05) is 12.3 Å². The van der Waals surface area contributed by atoms with E-state index in [1.165, 1.54) is 0 Å². The van der Waals surface area contributed by atoms with E-state index in [4.69, 9.17) is 5.73 Å². The fourth-order valence-electron chi connectivity index (χ4n) is 1.53. The van der Waals surface area contributed by atoms with E-state index in [9.17, 15) is 4.79 Å². The van der Waals surface area contributed by atoms with Gasteiger partial charge in [-0.05, 0) is 39.6 Å². The number of hydrogen-bond donors (Lipinski definition) is 1. The smallest absolute Gasteiger partial charge is 0.256 e. The molecule has 2 rings (SSSR count). The highest BCUT2D eigenvalue weighted by Crippen LogP contribution is 2.22. The minimum atomic E-state index is 0.0613. The highest BCUT2D eigenvalue weighted by atomic mass is 31.0. The molecule has 1 amide bonds. The highest BCUT2D eigenvalue weighted by Gasteiger charge is 2.20. The van der Waals surface area contributed by atoms with Crippen molar-refractivity contribution in [1.29, 1.82) is 0 Å². The molecule has 0 fully saturated rings. The van der Waals surface area contributed by atoms with Crippen molar-refractivity contribution in [3.63, 3.8) is 0 Å². The molecule has 1 unspecified atom stereocenters. The summed E-state index contributed by atoms with van der Waals surface area (Å²) in [5.74, 6) is 0.0613. The van der Waals surface area contributed by atoms with E-state index in [1.807, 2.05) is 6.07 Å². The van der Waals surface area contributed by atoms with E-state index in [0.29, 0.717) is 0 Å². The Bertz CT molecular complexity index is 365. The number of rotatable bonds is 0. The van der Waals surface area contributed by atoms with Crippen LogP contribution in [0.3, 0.4) is 0 Å². The van der Waals surface area contributed by atoms with Crippen LogP contribution in [0.1, 0.15) is 15.9 Å². The number of benzene rings is 1. The SMILES string of the molecule is Nc1ccc2c(c1)CCN(P)C2=O. The summed E-state index contributed by atoms with van der Waals surface area (Å²) in [5, 5.41) is 0. The maximum atomic E-state index is 11.6. The summed E-state index contributed by atoms with van der Waals surface area (Å²) in [6.45, 7) is 0.750. The van der Waals surface area contributed by atoms with Crippen LogP contribution in [0.4, 0.5) is 5.69 Å². The van der Waals surface area contributed by atoms with Gasteiger partial charge in [-0.1, -0.05) is 0 Å². The highest BCUT2D eigenvalue weighted by molar-refractivity contribution is 7.14. The van der Waals surface area contributed by atoms with E-state index >= 15 is 0 Å². The van der Waals surface area contributed by atoms with Gasteiger partial charge in [0.25, 0.3) is 5.91 Å². The van der Waals surface area contributed by atoms with Gasteiger partial charge in [-0.2, -0.15) is 0 Å². The Labute approximate surface area is 79.2 Å². The van der Waals surface area contributed by atoms with E-state index < -0.39 is 0 Å². The lowest BCUT2D eigenvalue weighted by molar-refractivity contribution is 0.0859. The summed E-state index contributed by atoms with van der Waals surface area (Å²) in [7, 11) is 2.43. The Morgan fingerprint density at radius 1 is 1.46 bits per heavy atom. The molecule has 0 radical (unpaired) electrons. The first-order chi connectivity index (χ1) is 6.18. The van der Waals surface area contributed by atoms with Crippen LogP contribution < -0.4 is 5.73 Å². The number of carbonyl (C=O) groups excluding carboxylic acids is 1. The van der Waals surface area contributed by atoms with Crippen molar-refractivity contribution >= 4 is 21.0 Å². The predicted octanol–water partition coefficient (Wildman–Crippen LogP) is 1.06. The molecule has 0 spiro atoms. The lowest BCUT2D eigenvalue weighted by Crippen LogP contribution is -2.29. The summed E-state index contributed by atoms with van der Waals surface area (Å²) in [6, 6.07) is 5.44. The van der Waals surface area contributed by atoms with Crippen molar-refractivity contribution in [2.45, 2.75) is 6.42 Å². The maximum Gasteiger partial charge on any atom is 0.256 e. The van der Waals surface area contributed by atoms with Gasteiger partial charge in [-0.15, -0.1) is 0 Å². The summed E-state index contributed by atoms with van der Waals surface area (Å²) in [5.41, 5.74) is 8.19. The third-order valence-electron chi connectivity index (χ3n) is 2.24. The molecule has 0 aromatic heterocycles. The second-order valence-electron chi connectivity index (χ2n) is 3.17. The maximum absolute atomic E-state index is 11.6. The molecule has 1 heterocycles. The fraction of sp³-hybridized carbons (Fsp3) is 0.222. The molecule has 2 N–H and O–H groups in total. The number of carbonyl (C=O) groups is 1. The fourth-order valence-corrected chi connectivity index (χ4v) is 1.79. The lowest BCUT2D eigenvalue weighted by Gasteiger charge is -2.24. The van der Waals surface area contributed by atoms with Crippen LogP contribution in [-0.2, 0) is 6.42 Å². The summed E-state index contributed by atoms with van der Waals surface area (Å²) >= 11 is 0. The van der Waals surface area contributed by atoms with Crippen LogP contribution in [0.5, 0.6) is 0 Å². The number of nitrogens with two attached hydrogens (primary N) is 1. The van der Waals surface area contributed by atoms with Crippen LogP contribution in [0.15, 0.2) is 18.2 Å². The van der Waals surface area contributed by atoms with Gasteiger partial charge in [0.1, 0.15) is 0 Å². The molecular formula is C9H11N2OP. The van der Waals surface area contributed by atoms with Crippen molar-refractivity contribution in [3.8, 4) is 0 Å². The van der Waals surface area contributed by atoms with Gasteiger partial charge in [-0.25, -0.2) is 0 Å². The van der Waals surface area contributed by atoms with Crippen molar-refractivity contribution < 1.29 is 4.79 Å². The quantitative estimate of drug-likeness (QED) is 0.495. The molecule has 68 valence electrons. The van der Waals surface area contributed by atoms with Crippen LogP contribution in [0.2, 0.25) is 0 Å². The molecule has 4 heteroatoms. The van der Waals surface area contributed by atoms with Crippen molar-refractivity contribution in [3.05, 3.63) is 29.3 Å². The molecule has 1 atom stereocenters. The van der Waals surface area contributed by atoms with Crippen LogP contribution >= 0.6 is 9.39 Å². The summed E-state index contributed by atoms with van der Waals surface area (Å²) in [6.07, 6.45) is 0.885. The first kappa shape index (κ1) is 8.52. The number of nitrogens with zero attached hydrogens (tertiary/aromatic N) is 1. The normalized spacial score (nSPS) is 15.8. The molecule has 1 aromatic rings. The predicted molar refractivity (Wildman–Crippen MR) is 55.3 cm³/mol. The van der Waals surface area contributed by atoms with Crippen LogP contribution in [0, 0.1) is 0 Å². The molecule has 0 bridgehead atoms. The zero-order valence-electron chi connectivity index (χ0n) is 7.16. The second kappa shape index (κ2) is 3.00. The van der Waals surface area contributed by atoms with Crippen molar-refractivity contribution in [2.24, 2.45) is 0 Å². The van der Waals surface area contributed by atoms with E-state index in [0.717, 1.165) is 29.8 Å². The zero-order valence-corrected chi connectivity index (χ0v) is 8.31. The Morgan fingerprint density at radius 2 is 2.23 bits per heavy atom. The van der Waals surface area contributed by atoms with Gasteiger partial charge < -0.3 is 10.4 Å². The molecular weight excluding hydrogens is 183 g/mol. The molecule has 0 aliphatic carbocycles. The van der Waals surface area contributed by atoms with Gasteiger partial charge in [0.05, 0.1) is 0 Å². The van der Waals surface area contributed by atoms with Gasteiger partial charge in [-0.3, -0.25) is 4.79 Å². The molecule has 0 saturated carbocycles. The molecule has 1 aliphatic heterocycles. The number of nitrogen functional groups attached to an aromatic ring is 1. The molecule has 0 saturated heterocycles. The van der Waals surface area contributed by atoms with E-state index in [1.54, 1.807) is 16.8 Å². The first-order valence-electron chi connectivity index (χ1n) is 4.13. The van der Waals surface area contributed by atoms with Gasteiger partial charge >= 0.3 is 0 Å². The largest absolute Gasteiger partial charge is 0.399 e. The Morgan fingerprint density at radius 3 is 3.00 bits per heavy atom. The molecule has 1 aliphatic rings. The second-order valence-corrected chi connectivity index (χ2v) is 3.79. The van der Waals surface area contributed by atoms with Crippen LogP contribution in [-0.4, -0.2) is 17.1 Å². The Kier molecular flexibility index (Phi) is 1.97. The monoisotopic (exact) mass is 194 g/mol. The Balaban J connectivity index is 2.50. The third-order valence-corrected chi connectivity index (χ3v) is 2.74. The van der Waals surface area contributed by atoms with E-state index in [2.05, 4.69) is 9.39 Å². The third kappa shape index (κ3) is 1.40. The molecule has 1 aromatic carbocycles. The number of fused-ring (bicyclic) bond motifs is 1. The van der Waals surface area contributed by atoms with Gasteiger partial charge in [0, 0.05) is 17.8 Å². The molecule has 13 heavy (non-hydrogen) atoms. The van der Waals surface area contributed by atoms with Crippen LogP contribution in [0.25, 0.3) is 0 Å². The standard InChI is InChI=1S/C9H11N2OP/c10-7-1-2-8-6(5-7)3-4-11(13)9(8)12/h1-2,5H,3-4,10,13H2. The first-order valence-corrected chi connectivity index (χ1v) is 4.65. The average Bonchev–Trinajstić information content (AvgIpc) is 2.12. The van der Waals surface area contributed by atoms with E-state index in [-0.39, 0.29) is 5.91 Å². The number of anilines is 1.